The zero-order valence-electron chi connectivity index (χ0n) is 9.56. The van der Waals surface area contributed by atoms with Gasteiger partial charge in [0, 0.05) is 5.02 Å². The third-order valence-corrected chi connectivity index (χ3v) is 1.84. The van der Waals surface area contributed by atoms with Gasteiger partial charge in [0.25, 0.3) is 0 Å². The van der Waals surface area contributed by atoms with Crippen LogP contribution in [0.3, 0.4) is 0 Å². The number of cyclic esters (lactones) is 2. The van der Waals surface area contributed by atoms with Crippen molar-refractivity contribution in [2.75, 3.05) is 0 Å². The van der Waals surface area contributed by atoms with Crippen LogP contribution in [0.4, 0.5) is 4.79 Å². The smallest absolute Gasteiger partial charge is 0.652 e. The standard InChI is InChI=1S/C8H3ClO3.CH2O3.2K/c9-4-1-2-5-6(3-4)8(11)12-7(5)10;2-1(3)4;;/h1-3H;(H2,2,3,4);;/q;;2*+1/p-2. The molecular formula is C9H3ClK2O6. The van der Waals surface area contributed by atoms with Crippen LogP contribution >= 0.6 is 11.6 Å². The van der Waals surface area contributed by atoms with Crippen LogP contribution in [0.25, 0.3) is 0 Å². The maximum Gasteiger partial charge on any atom is 1.00 e. The van der Waals surface area contributed by atoms with Crippen LogP contribution < -0.4 is 113 Å². The van der Waals surface area contributed by atoms with Crippen molar-refractivity contribution in [1.82, 2.24) is 0 Å². The van der Waals surface area contributed by atoms with E-state index in [9.17, 15) is 9.59 Å². The van der Waals surface area contributed by atoms with Crippen molar-refractivity contribution in [1.29, 1.82) is 0 Å². The Morgan fingerprint density at radius 1 is 1.06 bits per heavy atom. The number of carbonyl (C=O) groups excluding carboxylic acids is 3. The summed E-state index contributed by atoms with van der Waals surface area (Å²) in [7, 11) is 0. The maximum absolute atomic E-state index is 10.9. The van der Waals surface area contributed by atoms with Gasteiger partial charge in [0.05, 0.1) is 11.1 Å². The van der Waals surface area contributed by atoms with Crippen molar-refractivity contribution in [2.45, 2.75) is 0 Å². The molecule has 0 bridgehead atoms. The van der Waals surface area contributed by atoms with Gasteiger partial charge in [0.2, 0.25) is 0 Å². The number of carbonyl (C=O) groups is 3. The van der Waals surface area contributed by atoms with Gasteiger partial charge in [-0.25, -0.2) is 9.59 Å². The first-order valence-corrected chi connectivity index (χ1v) is 4.23. The van der Waals surface area contributed by atoms with Crippen LogP contribution in [0, 0.1) is 0 Å². The van der Waals surface area contributed by atoms with Gasteiger partial charge in [0.1, 0.15) is 0 Å². The van der Waals surface area contributed by atoms with Gasteiger partial charge < -0.3 is 19.7 Å². The number of ether oxygens (including phenoxy) is 1. The molecule has 0 radical (unpaired) electrons. The molecule has 0 atom stereocenters. The zero-order chi connectivity index (χ0) is 12.3. The van der Waals surface area contributed by atoms with E-state index in [0.717, 1.165) is 0 Å². The molecule has 1 aliphatic rings. The molecule has 0 spiro atoms. The van der Waals surface area contributed by atoms with Gasteiger partial charge in [-0.15, -0.1) is 0 Å². The van der Waals surface area contributed by atoms with Gasteiger partial charge in [-0.2, -0.15) is 0 Å². The van der Waals surface area contributed by atoms with Crippen LogP contribution in [0.1, 0.15) is 20.7 Å². The molecule has 9 heteroatoms. The van der Waals surface area contributed by atoms with E-state index in [2.05, 4.69) is 4.74 Å². The summed E-state index contributed by atoms with van der Waals surface area (Å²) in [5.74, 6) is -1.23. The Morgan fingerprint density at radius 3 is 2.00 bits per heavy atom. The average Bonchev–Trinajstić information content (AvgIpc) is 2.41. The fourth-order valence-corrected chi connectivity index (χ4v) is 1.23. The number of benzene rings is 1. The second-order valence-corrected chi connectivity index (χ2v) is 3.05. The van der Waals surface area contributed by atoms with Crippen molar-refractivity contribution in [2.24, 2.45) is 0 Å². The normalized spacial score (nSPS) is 10.9. The minimum absolute atomic E-state index is 0. The third-order valence-electron chi connectivity index (χ3n) is 1.61. The first-order valence-electron chi connectivity index (χ1n) is 3.86. The van der Waals surface area contributed by atoms with Crippen molar-refractivity contribution in [3.05, 3.63) is 34.3 Å². The van der Waals surface area contributed by atoms with E-state index in [1.165, 1.54) is 12.1 Å². The number of halogens is 1. The van der Waals surface area contributed by atoms with E-state index in [4.69, 9.17) is 26.6 Å². The van der Waals surface area contributed by atoms with E-state index in [1.807, 2.05) is 0 Å². The molecule has 2 rings (SSSR count). The molecule has 0 N–H and O–H groups in total. The molecule has 1 heterocycles. The molecule has 0 unspecified atom stereocenters. The Bertz CT molecular complexity index is 472. The number of rotatable bonds is 0. The Labute approximate surface area is 192 Å². The molecule has 0 amide bonds. The molecule has 6 nitrogen and oxygen atoms in total. The minimum Gasteiger partial charge on any atom is -0.652 e. The van der Waals surface area contributed by atoms with Gasteiger partial charge in [-0.05, 0) is 24.4 Å². The predicted molar refractivity (Wildman–Crippen MR) is 46.6 cm³/mol. The van der Waals surface area contributed by atoms with Crippen LogP contribution in [0.2, 0.25) is 5.02 Å². The molecule has 0 fully saturated rings. The maximum atomic E-state index is 10.9. The Kier molecular flexibility index (Phi) is 11.9. The summed E-state index contributed by atoms with van der Waals surface area (Å²) in [5, 5.41) is 17.1. The van der Waals surface area contributed by atoms with Crippen molar-refractivity contribution in [3.63, 3.8) is 0 Å². The summed E-state index contributed by atoms with van der Waals surface area (Å²) in [6.45, 7) is 0. The summed E-state index contributed by atoms with van der Waals surface area (Å²) >= 11 is 5.62. The van der Waals surface area contributed by atoms with Crippen molar-refractivity contribution >= 4 is 29.7 Å². The average molecular weight is 321 g/mol. The van der Waals surface area contributed by atoms with Gasteiger partial charge in [-0.3, -0.25) is 0 Å². The van der Waals surface area contributed by atoms with Crippen LogP contribution in [-0.4, -0.2) is 18.1 Å². The van der Waals surface area contributed by atoms with E-state index >= 15 is 0 Å². The molecular weight excluding hydrogens is 318 g/mol. The predicted octanol–water partition coefficient (Wildman–Crippen LogP) is -6.79. The molecule has 0 aliphatic carbocycles. The summed E-state index contributed by atoms with van der Waals surface area (Å²) in [6, 6.07) is 4.44. The summed E-state index contributed by atoms with van der Waals surface area (Å²) in [6.07, 6.45) is -2.33. The van der Waals surface area contributed by atoms with E-state index in [-0.39, 0.29) is 114 Å². The second kappa shape index (κ2) is 10.00. The minimum atomic E-state index is -2.33. The van der Waals surface area contributed by atoms with Crippen LogP contribution in [-0.2, 0) is 4.74 Å². The topological polar surface area (TPSA) is 107 Å². The van der Waals surface area contributed by atoms with Crippen LogP contribution in [0.15, 0.2) is 18.2 Å². The molecule has 18 heavy (non-hydrogen) atoms. The largest absolute Gasteiger partial charge is 1.00 e. The van der Waals surface area contributed by atoms with Crippen molar-refractivity contribution < 1.29 is 132 Å². The fraction of sp³-hybridized carbons (Fsp3) is 0. The van der Waals surface area contributed by atoms with E-state index in [1.54, 1.807) is 6.07 Å². The Hall–Kier alpha value is 1.19. The van der Waals surface area contributed by atoms with Crippen LogP contribution in [0.5, 0.6) is 0 Å². The molecule has 0 saturated carbocycles. The number of fused-ring (bicyclic) bond motifs is 1. The second-order valence-electron chi connectivity index (χ2n) is 2.62. The van der Waals surface area contributed by atoms with Gasteiger partial charge in [0.15, 0.2) is 0 Å². The summed E-state index contributed by atoms with van der Waals surface area (Å²) in [5.41, 5.74) is 0.525. The SMILES string of the molecule is O=C([O-])[O-].O=C1OC(=O)c2cc(Cl)ccc21.[K+].[K+]. The fourth-order valence-electron chi connectivity index (χ4n) is 1.06. The van der Waals surface area contributed by atoms with E-state index < -0.39 is 18.1 Å². The molecule has 1 aliphatic heterocycles. The Morgan fingerprint density at radius 2 is 1.50 bits per heavy atom. The number of hydrogen-bond donors (Lipinski definition) is 0. The molecule has 1 aromatic rings. The number of hydrogen-bond acceptors (Lipinski definition) is 6. The monoisotopic (exact) mass is 320 g/mol. The molecule has 0 saturated heterocycles. The quantitative estimate of drug-likeness (QED) is 0.267. The number of carboxylic acid groups (broad SMARTS) is 2. The molecule has 1 aromatic carbocycles. The Balaban J connectivity index is 0. The van der Waals surface area contributed by atoms with Crippen molar-refractivity contribution in [3.8, 4) is 0 Å². The van der Waals surface area contributed by atoms with Gasteiger partial charge >= 0.3 is 115 Å². The number of esters is 2. The summed E-state index contributed by atoms with van der Waals surface area (Å²) in [4.78, 5) is 30.2. The first-order chi connectivity index (χ1) is 7.41. The summed E-state index contributed by atoms with van der Waals surface area (Å²) < 4.78 is 4.35. The first kappa shape index (κ1) is 21.5. The third kappa shape index (κ3) is 6.57. The zero-order valence-corrected chi connectivity index (χ0v) is 16.6. The van der Waals surface area contributed by atoms with Gasteiger partial charge in [-0.1, -0.05) is 11.6 Å². The molecule has 84 valence electrons. The van der Waals surface area contributed by atoms with E-state index in [0.29, 0.717) is 5.02 Å². The molecule has 0 aromatic heterocycles.